The molecule has 0 spiro atoms. The molecule has 1 unspecified atom stereocenters. The third-order valence-electron chi connectivity index (χ3n) is 4.60. The second kappa shape index (κ2) is 8.72. The number of carbonyl (C=O) groups excluding carboxylic acids is 3. The summed E-state index contributed by atoms with van der Waals surface area (Å²) in [7, 11) is 1.21. The van der Waals surface area contributed by atoms with Crippen LogP contribution in [-0.4, -0.2) is 38.0 Å². The fourth-order valence-electron chi connectivity index (χ4n) is 3.12. The van der Waals surface area contributed by atoms with Crippen molar-refractivity contribution in [3.63, 3.8) is 0 Å². The van der Waals surface area contributed by atoms with E-state index in [2.05, 4.69) is 10.1 Å². The highest BCUT2D eigenvalue weighted by Crippen LogP contribution is 2.28. The van der Waals surface area contributed by atoms with E-state index >= 15 is 0 Å². The Morgan fingerprint density at radius 1 is 1.21 bits per heavy atom. The van der Waals surface area contributed by atoms with Gasteiger partial charge in [0.1, 0.15) is 11.6 Å². The fraction of sp³-hybridized carbons (Fsp3) is 0.286. The summed E-state index contributed by atoms with van der Waals surface area (Å²) in [4.78, 5) is 38.1. The van der Waals surface area contributed by atoms with E-state index in [1.165, 1.54) is 24.1 Å². The number of carbonyl (C=O) groups is 3. The molecule has 1 atom stereocenters. The molecule has 1 heterocycles. The number of ether oxygens (including phenoxy) is 2. The Morgan fingerprint density at radius 3 is 2.59 bits per heavy atom. The Balaban J connectivity index is 1.70. The molecular weight excluding hydrogens is 379 g/mol. The number of nitrogens with zero attached hydrogens (tertiary/aromatic N) is 1. The summed E-state index contributed by atoms with van der Waals surface area (Å²) < 4.78 is 24.0. The van der Waals surface area contributed by atoms with Crippen LogP contribution in [-0.2, 0) is 14.3 Å². The number of anilines is 2. The second-order valence-electron chi connectivity index (χ2n) is 6.51. The van der Waals surface area contributed by atoms with Crippen molar-refractivity contribution < 1.29 is 28.2 Å². The number of esters is 1. The number of hydrogen-bond donors (Lipinski definition) is 1. The van der Waals surface area contributed by atoms with E-state index in [9.17, 15) is 18.8 Å². The Morgan fingerprint density at radius 2 is 1.93 bits per heavy atom. The van der Waals surface area contributed by atoms with Crippen molar-refractivity contribution in [1.82, 2.24) is 0 Å². The minimum absolute atomic E-state index is 0.0113. The van der Waals surface area contributed by atoms with E-state index in [0.29, 0.717) is 18.0 Å². The zero-order valence-corrected chi connectivity index (χ0v) is 16.1. The lowest BCUT2D eigenvalue weighted by Gasteiger charge is -2.17. The largest absolute Gasteiger partial charge is 0.494 e. The Labute approximate surface area is 167 Å². The molecule has 0 bridgehead atoms. The number of benzene rings is 2. The fourth-order valence-corrected chi connectivity index (χ4v) is 3.12. The lowest BCUT2D eigenvalue weighted by molar-refractivity contribution is -0.122. The first-order valence-electron chi connectivity index (χ1n) is 9.15. The lowest BCUT2D eigenvalue weighted by atomic mass is 10.1. The second-order valence-corrected chi connectivity index (χ2v) is 6.51. The molecule has 3 rings (SSSR count). The Kier molecular flexibility index (Phi) is 6.11. The van der Waals surface area contributed by atoms with Crippen LogP contribution in [0.3, 0.4) is 0 Å². The van der Waals surface area contributed by atoms with E-state index in [1.54, 1.807) is 24.3 Å². The van der Waals surface area contributed by atoms with Crippen LogP contribution in [0.2, 0.25) is 0 Å². The van der Waals surface area contributed by atoms with Gasteiger partial charge in [0.15, 0.2) is 0 Å². The van der Waals surface area contributed by atoms with Gasteiger partial charge in [0.25, 0.3) is 0 Å². The summed E-state index contributed by atoms with van der Waals surface area (Å²) in [5, 5.41) is 2.47. The number of methoxy groups -OCH3 is 1. The maximum Gasteiger partial charge on any atom is 0.337 e. The van der Waals surface area contributed by atoms with E-state index in [0.717, 1.165) is 6.07 Å². The molecule has 152 valence electrons. The average molecular weight is 400 g/mol. The lowest BCUT2D eigenvalue weighted by Crippen LogP contribution is -2.28. The van der Waals surface area contributed by atoms with E-state index < -0.39 is 23.6 Å². The third kappa shape index (κ3) is 4.53. The van der Waals surface area contributed by atoms with Crippen LogP contribution in [0.5, 0.6) is 5.75 Å². The minimum Gasteiger partial charge on any atom is -0.494 e. The van der Waals surface area contributed by atoms with Crippen LogP contribution in [0.15, 0.2) is 42.5 Å². The van der Waals surface area contributed by atoms with E-state index in [4.69, 9.17) is 4.74 Å². The predicted octanol–water partition coefficient (Wildman–Crippen LogP) is 3.00. The van der Waals surface area contributed by atoms with Crippen molar-refractivity contribution in [3.8, 4) is 5.75 Å². The molecule has 1 N–H and O–H groups in total. The molecule has 1 aliphatic rings. The van der Waals surface area contributed by atoms with Crippen molar-refractivity contribution in [2.75, 3.05) is 30.5 Å². The average Bonchev–Trinajstić information content (AvgIpc) is 3.11. The third-order valence-corrected chi connectivity index (χ3v) is 4.60. The van der Waals surface area contributed by atoms with Crippen LogP contribution >= 0.6 is 0 Å². The zero-order valence-electron chi connectivity index (χ0n) is 16.1. The first-order valence-corrected chi connectivity index (χ1v) is 9.15. The van der Waals surface area contributed by atoms with Crippen LogP contribution in [0.25, 0.3) is 0 Å². The Bertz CT molecular complexity index is 929. The predicted molar refractivity (Wildman–Crippen MR) is 104 cm³/mol. The number of halogens is 1. The van der Waals surface area contributed by atoms with Gasteiger partial charge in [-0.25, -0.2) is 9.18 Å². The van der Waals surface area contributed by atoms with Gasteiger partial charge in [-0.15, -0.1) is 0 Å². The van der Waals surface area contributed by atoms with Gasteiger partial charge < -0.3 is 19.7 Å². The van der Waals surface area contributed by atoms with Crippen LogP contribution < -0.4 is 15.0 Å². The van der Waals surface area contributed by atoms with E-state index in [1.807, 2.05) is 6.92 Å². The van der Waals surface area contributed by atoms with Gasteiger partial charge >= 0.3 is 5.97 Å². The number of amides is 2. The number of nitrogens with one attached hydrogen (secondary N) is 1. The van der Waals surface area contributed by atoms with Gasteiger partial charge in [0, 0.05) is 18.7 Å². The summed E-state index contributed by atoms with van der Waals surface area (Å²) in [6, 6.07) is 10.6. The van der Waals surface area contributed by atoms with Gasteiger partial charge in [0.05, 0.1) is 30.9 Å². The van der Waals surface area contributed by atoms with Gasteiger partial charge in [-0.1, -0.05) is 0 Å². The highest BCUT2D eigenvalue weighted by Gasteiger charge is 2.35. The minimum atomic E-state index is -0.682. The topological polar surface area (TPSA) is 84.9 Å². The standard InChI is InChI=1S/C21H21FN2O5/c1-3-29-16-7-5-15(6-8-16)24-12-14(11-19(24)25)20(26)23-18-10-13(21(27)28-2)4-9-17(18)22/h4-10,14H,3,11-12H2,1-2H3,(H,23,26). The maximum absolute atomic E-state index is 14.0. The monoisotopic (exact) mass is 400 g/mol. The van der Waals surface area contributed by atoms with Gasteiger partial charge in [-0.05, 0) is 49.4 Å². The van der Waals surface area contributed by atoms with Gasteiger partial charge in [0.2, 0.25) is 11.8 Å². The first-order chi connectivity index (χ1) is 13.9. The van der Waals surface area contributed by atoms with Crippen molar-refractivity contribution in [1.29, 1.82) is 0 Å². The zero-order chi connectivity index (χ0) is 21.0. The maximum atomic E-state index is 14.0. The summed E-state index contributed by atoms with van der Waals surface area (Å²) in [6.45, 7) is 2.60. The molecule has 0 aromatic heterocycles. The molecular formula is C21H21FN2O5. The summed E-state index contributed by atoms with van der Waals surface area (Å²) in [5.74, 6) is -1.96. The van der Waals surface area contributed by atoms with Crippen molar-refractivity contribution in [2.24, 2.45) is 5.92 Å². The molecule has 2 aromatic rings. The van der Waals surface area contributed by atoms with Crippen LogP contribution in [0.4, 0.5) is 15.8 Å². The summed E-state index contributed by atoms with van der Waals surface area (Å²) >= 11 is 0. The van der Waals surface area contributed by atoms with E-state index in [-0.39, 0.29) is 30.1 Å². The van der Waals surface area contributed by atoms with Crippen LogP contribution in [0, 0.1) is 11.7 Å². The molecule has 8 heteroatoms. The van der Waals surface area contributed by atoms with Gasteiger partial charge in [-0.3, -0.25) is 9.59 Å². The SMILES string of the molecule is CCOc1ccc(N2CC(C(=O)Nc3cc(C(=O)OC)ccc3F)CC2=O)cc1. The normalized spacial score (nSPS) is 15.9. The first kappa shape index (κ1) is 20.3. The number of hydrogen-bond acceptors (Lipinski definition) is 5. The van der Waals surface area contributed by atoms with Crippen molar-refractivity contribution >= 4 is 29.2 Å². The van der Waals surface area contributed by atoms with Gasteiger partial charge in [-0.2, -0.15) is 0 Å². The smallest absolute Gasteiger partial charge is 0.337 e. The van der Waals surface area contributed by atoms with Crippen LogP contribution in [0.1, 0.15) is 23.7 Å². The molecule has 1 saturated heterocycles. The highest BCUT2D eigenvalue weighted by molar-refractivity contribution is 6.04. The quantitative estimate of drug-likeness (QED) is 0.754. The molecule has 0 saturated carbocycles. The summed E-state index contributed by atoms with van der Waals surface area (Å²) in [5.41, 5.74) is 0.639. The van der Waals surface area contributed by atoms with Crippen molar-refractivity contribution in [3.05, 3.63) is 53.8 Å². The van der Waals surface area contributed by atoms with Crippen molar-refractivity contribution in [2.45, 2.75) is 13.3 Å². The molecule has 2 amide bonds. The molecule has 1 fully saturated rings. The Hall–Kier alpha value is -3.42. The highest BCUT2D eigenvalue weighted by atomic mass is 19.1. The molecule has 29 heavy (non-hydrogen) atoms. The number of rotatable bonds is 6. The molecule has 1 aliphatic heterocycles. The summed E-state index contributed by atoms with van der Waals surface area (Å²) in [6.07, 6.45) is 0.0113. The molecule has 0 radical (unpaired) electrons. The molecule has 0 aliphatic carbocycles. The molecule has 7 nitrogen and oxygen atoms in total. The molecule has 2 aromatic carbocycles.